The van der Waals surface area contributed by atoms with Gasteiger partial charge in [-0.05, 0) is 37.9 Å². The predicted molar refractivity (Wildman–Crippen MR) is 83.5 cm³/mol. The number of rotatable bonds is 8. The Morgan fingerprint density at radius 1 is 1.24 bits per heavy atom. The summed E-state index contributed by atoms with van der Waals surface area (Å²) in [6.07, 6.45) is 4.85. The minimum absolute atomic E-state index is 0.0882. The molecule has 0 amide bonds. The van der Waals surface area contributed by atoms with E-state index >= 15 is 0 Å². The van der Waals surface area contributed by atoms with E-state index in [0.717, 1.165) is 49.8 Å². The van der Waals surface area contributed by atoms with Crippen LogP contribution < -0.4 is 0 Å². The van der Waals surface area contributed by atoms with Gasteiger partial charge in [-0.1, -0.05) is 19.9 Å². The first-order chi connectivity index (χ1) is 10.2. The second kappa shape index (κ2) is 7.17. The van der Waals surface area contributed by atoms with Gasteiger partial charge in [-0.25, -0.2) is 0 Å². The van der Waals surface area contributed by atoms with E-state index in [2.05, 4.69) is 28.9 Å². The summed E-state index contributed by atoms with van der Waals surface area (Å²) >= 11 is 0. The lowest BCUT2D eigenvalue weighted by molar-refractivity contribution is -0.383. The van der Waals surface area contributed by atoms with Crippen LogP contribution >= 0.6 is 0 Å². The van der Waals surface area contributed by atoms with Gasteiger partial charge in [-0.2, -0.15) is 5.10 Å². The highest BCUT2D eigenvalue weighted by Gasteiger charge is 2.16. The summed E-state index contributed by atoms with van der Waals surface area (Å²) in [7, 11) is 0. The van der Waals surface area contributed by atoms with Crippen molar-refractivity contribution in [3.63, 3.8) is 0 Å². The third kappa shape index (κ3) is 3.58. The molecule has 1 heterocycles. The molecule has 1 aromatic heterocycles. The lowest BCUT2D eigenvalue weighted by atomic mass is 10.1. The van der Waals surface area contributed by atoms with E-state index in [1.165, 1.54) is 0 Å². The van der Waals surface area contributed by atoms with Gasteiger partial charge in [-0.15, -0.1) is 0 Å². The lowest BCUT2D eigenvalue weighted by Gasteiger charge is -2.20. The number of benzene rings is 1. The Morgan fingerprint density at radius 2 is 1.95 bits per heavy atom. The first-order valence-electron chi connectivity index (χ1n) is 7.49. The van der Waals surface area contributed by atoms with Crippen LogP contribution in [0.5, 0.6) is 0 Å². The van der Waals surface area contributed by atoms with E-state index in [0.29, 0.717) is 5.52 Å². The number of fused-ring (bicyclic) bond motifs is 1. The van der Waals surface area contributed by atoms with Crippen molar-refractivity contribution in [2.24, 2.45) is 0 Å². The van der Waals surface area contributed by atoms with Gasteiger partial charge in [-0.3, -0.25) is 15.2 Å². The molecule has 0 aliphatic carbocycles. The van der Waals surface area contributed by atoms with Crippen molar-refractivity contribution < 1.29 is 4.92 Å². The molecule has 6 nitrogen and oxygen atoms in total. The molecule has 0 bridgehead atoms. The summed E-state index contributed by atoms with van der Waals surface area (Å²) in [5, 5.41) is 18.6. The number of H-pyrrole nitrogens is 1. The van der Waals surface area contributed by atoms with Crippen LogP contribution in [0.15, 0.2) is 18.3 Å². The number of aromatic amines is 1. The maximum absolute atomic E-state index is 11.0. The SMILES string of the molecule is CCCN(CCC)CCc1ccc([N+](=O)[O-])c2[nH]ncc12. The zero-order chi connectivity index (χ0) is 15.2. The fourth-order valence-electron chi connectivity index (χ4n) is 2.69. The monoisotopic (exact) mass is 290 g/mol. The molecule has 0 saturated heterocycles. The number of nitro benzene ring substituents is 1. The molecule has 2 aromatic rings. The molecule has 1 aromatic carbocycles. The molecule has 6 heteroatoms. The predicted octanol–water partition coefficient (Wildman–Crippen LogP) is 3.14. The van der Waals surface area contributed by atoms with Crippen molar-refractivity contribution in [1.29, 1.82) is 0 Å². The highest BCUT2D eigenvalue weighted by molar-refractivity contribution is 5.89. The van der Waals surface area contributed by atoms with Crippen LogP contribution in [0, 0.1) is 10.1 Å². The van der Waals surface area contributed by atoms with Crippen LogP contribution in [0.3, 0.4) is 0 Å². The average molecular weight is 290 g/mol. The zero-order valence-corrected chi connectivity index (χ0v) is 12.6. The Labute approximate surface area is 124 Å². The molecular formula is C15H22N4O2. The van der Waals surface area contributed by atoms with E-state index in [1.807, 2.05) is 6.07 Å². The largest absolute Gasteiger partial charge is 0.303 e. The molecule has 0 radical (unpaired) electrons. The Kier molecular flexibility index (Phi) is 5.27. The normalized spacial score (nSPS) is 11.4. The number of nitro groups is 1. The van der Waals surface area contributed by atoms with Crippen molar-refractivity contribution in [3.8, 4) is 0 Å². The topological polar surface area (TPSA) is 75.1 Å². The number of nitrogens with one attached hydrogen (secondary N) is 1. The molecule has 1 N–H and O–H groups in total. The summed E-state index contributed by atoms with van der Waals surface area (Å²) < 4.78 is 0. The lowest BCUT2D eigenvalue weighted by Crippen LogP contribution is -2.27. The smallest absolute Gasteiger partial charge is 0.294 e. The number of aromatic nitrogens is 2. The molecule has 0 aliphatic rings. The molecule has 21 heavy (non-hydrogen) atoms. The van der Waals surface area contributed by atoms with E-state index in [-0.39, 0.29) is 10.6 Å². The maximum Gasteiger partial charge on any atom is 0.294 e. The van der Waals surface area contributed by atoms with Gasteiger partial charge in [0, 0.05) is 18.0 Å². The van der Waals surface area contributed by atoms with Crippen LogP contribution in [-0.4, -0.2) is 39.7 Å². The van der Waals surface area contributed by atoms with Crippen molar-refractivity contribution >= 4 is 16.6 Å². The van der Waals surface area contributed by atoms with Gasteiger partial charge in [0.25, 0.3) is 5.69 Å². The fourth-order valence-corrected chi connectivity index (χ4v) is 2.69. The summed E-state index contributed by atoms with van der Waals surface area (Å²) in [5.74, 6) is 0. The Morgan fingerprint density at radius 3 is 2.57 bits per heavy atom. The van der Waals surface area contributed by atoms with Crippen LogP contribution in [0.1, 0.15) is 32.3 Å². The number of hydrogen-bond donors (Lipinski definition) is 1. The van der Waals surface area contributed by atoms with Gasteiger partial charge in [0.2, 0.25) is 0 Å². The molecule has 0 spiro atoms. The molecule has 0 saturated carbocycles. The Balaban J connectivity index is 2.17. The maximum atomic E-state index is 11.0. The molecule has 114 valence electrons. The zero-order valence-electron chi connectivity index (χ0n) is 12.6. The van der Waals surface area contributed by atoms with E-state index in [1.54, 1.807) is 12.3 Å². The summed E-state index contributed by atoms with van der Waals surface area (Å²) in [4.78, 5) is 13.1. The van der Waals surface area contributed by atoms with Crippen molar-refractivity contribution in [3.05, 3.63) is 34.0 Å². The van der Waals surface area contributed by atoms with E-state index in [9.17, 15) is 10.1 Å². The van der Waals surface area contributed by atoms with E-state index in [4.69, 9.17) is 0 Å². The fraction of sp³-hybridized carbons (Fsp3) is 0.533. The molecule has 2 rings (SSSR count). The van der Waals surface area contributed by atoms with Crippen molar-refractivity contribution in [2.45, 2.75) is 33.1 Å². The van der Waals surface area contributed by atoms with Gasteiger partial charge >= 0.3 is 0 Å². The van der Waals surface area contributed by atoms with E-state index < -0.39 is 0 Å². The second-order valence-electron chi connectivity index (χ2n) is 5.25. The quantitative estimate of drug-likeness (QED) is 0.598. The van der Waals surface area contributed by atoms with Crippen LogP contribution in [-0.2, 0) is 6.42 Å². The van der Waals surface area contributed by atoms with Crippen molar-refractivity contribution in [2.75, 3.05) is 19.6 Å². The van der Waals surface area contributed by atoms with Gasteiger partial charge in [0.1, 0.15) is 5.52 Å². The molecule has 0 unspecified atom stereocenters. The molecule has 0 atom stereocenters. The number of nitrogens with zero attached hydrogens (tertiary/aromatic N) is 3. The Bertz CT molecular complexity index is 603. The van der Waals surface area contributed by atoms with Crippen LogP contribution in [0.4, 0.5) is 5.69 Å². The number of hydrogen-bond acceptors (Lipinski definition) is 4. The molecular weight excluding hydrogens is 268 g/mol. The third-order valence-electron chi connectivity index (χ3n) is 3.66. The highest BCUT2D eigenvalue weighted by Crippen LogP contribution is 2.26. The second-order valence-corrected chi connectivity index (χ2v) is 5.25. The van der Waals surface area contributed by atoms with Gasteiger partial charge < -0.3 is 4.90 Å². The van der Waals surface area contributed by atoms with Crippen LogP contribution in [0.2, 0.25) is 0 Å². The number of non-ortho nitro benzene ring substituents is 1. The minimum atomic E-state index is -0.370. The minimum Gasteiger partial charge on any atom is -0.303 e. The summed E-state index contributed by atoms with van der Waals surface area (Å²) in [6, 6.07) is 3.42. The van der Waals surface area contributed by atoms with Gasteiger partial charge in [0.15, 0.2) is 0 Å². The third-order valence-corrected chi connectivity index (χ3v) is 3.66. The standard InChI is InChI=1S/C15H22N4O2/c1-3-8-18(9-4-2)10-7-12-5-6-14(19(20)21)15-13(12)11-16-17-15/h5-6,11H,3-4,7-10H2,1-2H3,(H,16,17). The summed E-state index contributed by atoms with van der Waals surface area (Å²) in [6.45, 7) is 7.52. The Hall–Kier alpha value is -1.95. The molecule has 0 aliphatic heterocycles. The average Bonchev–Trinajstić information content (AvgIpc) is 2.94. The molecule has 0 fully saturated rings. The first kappa shape index (κ1) is 15.4. The summed E-state index contributed by atoms with van der Waals surface area (Å²) in [5.41, 5.74) is 1.72. The van der Waals surface area contributed by atoms with Crippen LogP contribution in [0.25, 0.3) is 10.9 Å². The first-order valence-corrected chi connectivity index (χ1v) is 7.49. The van der Waals surface area contributed by atoms with Crippen molar-refractivity contribution in [1.82, 2.24) is 15.1 Å². The van der Waals surface area contributed by atoms with Gasteiger partial charge in [0.05, 0.1) is 11.1 Å². The highest BCUT2D eigenvalue weighted by atomic mass is 16.6.